The van der Waals surface area contributed by atoms with E-state index in [1.807, 2.05) is 4.90 Å². The molecule has 1 heterocycles. The van der Waals surface area contributed by atoms with Crippen LogP contribution in [0.2, 0.25) is 0 Å². The summed E-state index contributed by atoms with van der Waals surface area (Å²) in [5.41, 5.74) is 6.16. The van der Waals surface area contributed by atoms with Crippen molar-refractivity contribution in [3.8, 4) is 0 Å². The van der Waals surface area contributed by atoms with E-state index < -0.39 is 4.92 Å². The zero-order valence-corrected chi connectivity index (χ0v) is 11.1. The fraction of sp³-hybridized carbons (Fsp3) is 0.364. The lowest BCUT2D eigenvalue weighted by Gasteiger charge is -2.19. The molecular formula is C11H12BrN3O3. The first kappa shape index (κ1) is 12.8. The molecule has 7 heteroatoms. The van der Waals surface area contributed by atoms with Crippen molar-refractivity contribution < 1.29 is 9.72 Å². The summed E-state index contributed by atoms with van der Waals surface area (Å²) in [4.78, 5) is 23.3. The fourth-order valence-electron chi connectivity index (χ4n) is 2.08. The predicted molar refractivity (Wildman–Crippen MR) is 70.3 cm³/mol. The molecular weight excluding hydrogens is 302 g/mol. The zero-order chi connectivity index (χ0) is 13.3. The quantitative estimate of drug-likeness (QED) is 0.679. The second-order valence-corrected chi connectivity index (χ2v) is 5.08. The monoisotopic (exact) mass is 313 g/mol. The summed E-state index contributed by atoms with van der Waals surface area (Å²) in [6.07, 6.45) is 0.721. The number of benzene rings is 1. The number of carbonyl (C=O) groups is 1. The largest absolute Gasteiger partial charge is 0.370 e. The number of nitro benzene ring substituents is 1. The Morgan fingerprint density at radius 3 is 2.78 bits per heavy atom. The maximum Gasteiger partial charge on any atom is 0.270 e. The van der Waals surface area contributed by atoms with E-state index in [-0.39, 0.29) is 17.5 Å². The number of hydrogen-bond acceptors (Lipinski definition) is 4. The molecule has 1 amide bonds. The van der Waals surface area contributed by atoms with Crippen molar-refractivity contribution in [2.24, 2.45) is 11.7 Å². The number of amides is 1. The van der Waals surface area contributed by atoms with Gasteiger partial charge in [0.15, 0.2) is 0 Å². The zero-order valence-electron chi connectivity index (χ0n) is 9.51. The van der Waals surface area contributed by atoms with Crippen LogP contribution in [-0.2, 0) is 4.79 Å². The summed E-state index contributed by atoms with van der Waals surface area (Å²) in [6, 6.07) is 4.61. The van der Waals surface area contributed by atoms with Crippen molar-refractivity contribution in [2.45, 2.75) is 6.42 Å². The number of anilines is 1. The third-order valence-electron chi connectivity index (χ3n) is 3.07. The van der Waals surface area contributed by atoms with Crippen molar-refractivity contribution in [3.05, 3.63) is 32.8 Å². The molecule has 2 rings (SSSR count). The standard InChI is InChI=1S/C11H12BrN3O3/c12-9-5-8(15(17)18)1-2-10(9)14-4-3-7(6-14)11(13)16/h1-2,5,7H,3-4,6H2,(H2,13,16). The molecule has 1 unspecified atom stereocenters. The molecule has 0 aliphatic carbocycles. The van der Waals surface area contributed by atoms with Gasteiger partial charge in [-0.25, -0.2) is 0 Å². The molecule has 1 aliphatic heterocycles. The first-order chi connectivity index (χ1) is 8.49. The van der Waals surface area contributed by atoms with Crippen molar-refractivity contribution >= 4 is 33.2 Å². The van der Waals surface area contributed by atoms with Crippen molar-refractivity contribution in [3.63, 3.8) is 0 Å². The van der Waals surface area contributed by atoms with Crippen molar-refractivity contribution in [1.29, 1.82) is 0 Å². The Morgan fingerprint density at radius 2 is 2.28 bits per heavy atom. The maximum absolute atomic E-state index is 11.1. The van der Waals surface area contributed by atoms with Crippen LogP contribution in [0.5, 0.6) is 0 Å². The summed E-state index contributed by atoms with van der Waals surface area (Å²) in [7, 11) is 0. The highest BCUT2D eigenvalue weighted by atomic mass is 79.9. The molecule has 0 spiro atoms. The van der Waals surface area contributed by atoms with Gasteiger partial charge >= 0.3 is 0 Å². The van der Waals surface area contributed by atoms with Gasteiger partial charge in [0.2, 0.25) is 5.91 Å². The molecule has 1 aromatic rings. The van der Waals surface area contributed by atoms with E-state index in [0.29, 0.717) is 11.0 Å². The second kappa shape index (κ2) is 4.93. The highest BCUT2D eigenvalue weighted by molar-refractivity contribution is 9.10. The summed E-state index contributed by atoms with van der Waals surface area (Å²) in [6.45, 7) is 1.29. The average molecular weight is 314 g/mol. The van der Waals surface area contributed by atoms with Crippen LogP contribution in [0, 0.1) is 16.0 Å². The van der Waals surface area contributed by atoms with Gasteiger partial charge in [0.25, 0.3) is 5.69 Å². The lowest BCUT2D eigenvalue weighted by Crippen LogP contribution is -2.27. The molecule has 0 aromatic heterocycles. The fourth-order valence-corrected chi connectivity index (χ4v) is 2.69. The van der Waals surface area contributed by atoms with E-state index in [4.69, 9.17) is 5.73 Å². The third kappa shape index (κ3) is 2.45. The van der Waals surface area contributed by atoms with Crippen LogP contribution < -0.4 is 10.6 Å². The van der Waals surface area contributed by atoms with Gasteiger partial charge in [0, 0.05) is 29.7 Å². The van der Waals surface area contributed by atoms with E-state index in [1.165, 1.54) is 12.1 Å². The molecule has 0 saturated carbocycles. The number of halogens is 1. The number of carbonyl (C=O) groups excluding carboxylic acids is 1. The Kier molecular flexibility index (Phi) is 3.51. The van der Waals surface area contributed by atoms with E-state index in [2.05, 4.69) is 15.9 Å². The molecule has 18 heavy (non-hydrogen) atoms. The summed E-state index contributed by atoms with van der Waals surface area (Å²) in [5, 5.41) is 10.6. The Balaban J connectivity index is 2.20. The number of hydrogen-bond donors (Lipinski definition) is 1. The van der Waals surface area contributed by atoms with Gasteiger partial charge < -0.3 is 10.6 Å². The predicted octanol–water partition coefficient (Wildman–Crippen LogP) is 1.67. The normalized spacial score (nSPS) is 18.9. The number of primary amides is 1. The number of nitro groups is 1. The molecule has 1 fully saturated rings. The SMILES string of the molecule is NC(=O)C1CCN(c2ccc([N+](=O)[O-])cc2Br)C1. The first-order valence-electron chi connectivity index (χ1n) is 5.47. The Labute approximate surface area is 112 Å². The molecule has 1 aliphatic rings. The average Bonchev–Trinajstić information content (AvgIpc) is 2.78. The van der Waals surface area contributed by atoms with Crippen molar-refractivity contribution in [1.82, 2.24) is 0 Å². The number of nitrogens with two attached hydrogens (primary N) is 1. The summed E-state index contributed by atoms with van der Waals surface area (Å²) in [5.74, 6) is -0.442. The van der Waals surface area contributed by atoms with Gasteiger partial charge in [-0.3, -0.25) is 14.9 Å². The number of rotatable bonds is 3. The molecule has 6 nitrogen and oxygen atoms in total. The van der Waals surface area contributed by atoms with Crippen LogP contribution in [0.25, 0.3) is 0 Å². The molecule has 96 valence electrons. The molecule has 0 bridgehead atoms. The molecule has 0 radical (unpaired) electrons. The molecule has 1 atom stereocenters. The number of nitrogens with zero attached hydrogens (tertiary/aromatic N) is 2. The summed E-state index contributed by atoms with van der Waals surface area (Å²) < 4.78 is 0.654. The first-order valence-corrected chi connectivity index (χ1v) is 6.26. The Bertz CT molecular complexity index is 506. The van der Waals surface area contributed by atoms with Crippen LogP contribution in [-0.4, -0.2) is 23.9 Å². The van der Waals surface area contributed by atoms with Crippen LogP contribution in [0.15, 0.2) is 22.7 Å². The minimum atomic E-state index is -0.440. The van der Waals surface area contributed by atoms with Gasteiger partial charge in [0.05, 0.1) is 16.5 Å². The van der Waals surface area contributed by atoms with Gasteiger partial charge in [-0.1, -0.05) is 0 Å². The Hall–Kier alpha value is -1.63. The highest BCUT2D eigenvalue weighted by Crippen LogP contribution is 2.33. The smallest absolute Gasteiger partial charge is 0.270 e. The lowest BCUT2D eigenvalue weighted by atomic mass is 10.1. The molecule has 2 N–H and O–H groups in total. The van der Waals surface area contributed by atoms with Crippen LogP contribution in [0.3, 0.4) is 0 Å². The van der Waals surface area contributed by atoms with Gasteiger partial charge in [0.1, 0.15) is 0 Å². The molecule has 1 saturated heterocycles. The minimum absolute atomic E-state index is 0.0382. The number of non-ortho nitro benzene ring substituents is 1. The van der Waals surface area contributed by atoms with E-state index >= 15 is 0 Å². The minimum Gasteiger partial charge on any atom is -0.370 e. The Morgan fingerprint density at radius 1 is 1.56 bits per heavy atom. The van der Waals surface area contributed by atoms with E-state index in [1.54, 1.807) is 6.07 Å². The van der Waals surface area contributed by atoms with Crippen LogP contribution in [0.1, 0.15) is 6.42 Å². The van der Waals surface area contributed by atoms with E-state index in [0.717, 1.165) is 18.7 Å². The van der Waals surface area contributed by atoms with E-state index in [9.17, 15) is 14.9 Å². The summed E-state index contributed by atoms with van der Waals surface area (Å²) >= 11 is 3.32. The van der Waals surface area contributed by atoms with Crippen LogP contribution >= 0.6 is 15.9 Å². The lowest BCUT2D eigenvalue weighted by molar-refractivity contribution is -0.384. The maximum atomic E-state index is 11.1. The van der Waals surface area contributed by atoms with Gasteiger partial charge in [-0.15, -0.1) is 0 Å². The highest BCUT2D eigenvalue weighted by Gasteiger charge is 2.28. The van der Waals surface area contributed by atoms with Crippen LogP contribution in [0.4, 0.5) is 11.4 Å². The molecule has 1 aromatic carbocycles. The topological polar surface area (TPSA) is 89.5 Å². The van der Waals surface area contributed by atoms with Crippen molar-refractivity contribution in [2.75, 3.05) is 18.0 Å². The van der Waals surface area contributed by atoms with Gasteiger partial charge in [-0.05, 0) is 28.4 Å². The third-order valence-corrected chi connectivity index (χ3v) is 3.71. The van der Waals surface area contributed by atoms with Gasteiger partial charge in [-0.2, -0.15) is 0 Å². The second-order valence-electron chi connectivity index (χ2n) is 4.23.